The number of phenolic OH excluding ortho intramolecular Hbond substituents is 4. The highest BCUT2D eigenvalue weighted by molar-refractivity contribution is 5.91. The van der Waals surface area contributed by atoms with Gasteiger partial charge in [-0.25, -0.2) is 0 Å². The Bertz CT molecular complexity index is 1290. The fourth-order valence-corrected chi connectivity index (χ4v) is 3.55. The van der Waals surface area contributed by atoms with Gasteiger partial charge < -0.3 is 29.9 Å². The molecule has 0 saturated carbocycles. The van der Waals surface area contributed by atoms with Crippen molar-refractivity contribution in [1.29, 1.82) is 0 Å². The molecule has 0 amide bonds. The van der Waals surface area contributed by atoms with Crippen LogP contribution in [0.15, 0.2) is 57.3 Å². The summed E-state index contributed by atoms with van der Waals surface area (Å²) in [4.78, 5) is 12.9. The summed E-state index contributed by atoms with van der Waals surface area (Å²) >= 11 is 0. The second-order valence-electron chi connectivity index (χ2n) is 8.17. The van der Waals surface area contributed by atoms with Crippen LogP contribution in [-0.4, -0.2) is 25.5 Å². The first-order valence-corrected chi connectivity index (χ1v) is 10.1. The predicted molar refractivity (Wildman–Crippen MR) is 122 cm³/mol. The van der Waals surface area contributed by atoms with Crippen LogP contribution in [-0.2, 0) is 6.42 Å². The third-order valence-corrected chi connectivity index (χ3v) is 5.39. The van der Waals surface area contributed by atoms with Crippen LogP contribution in [0.3, 0.4) is 0 Å². The quantitative estimate of drug-likeness (QED) is 0.339. The van der Waals surface area contributed by atoms with E-state index in [2.05, 4.69) is 6.58 Å². The molecule has 2 aromatic carbocycles. The standard InChI is InChI=1S/C25H26O7/c1-12(2)5-6-14(13(3)4)9-17-19(28)11-20(29)21-22(30)23(31)25(32-24(17)21)16-8-7-15(26)10-18(16)27/h5,7-8,10-11,14,26-29,31H,3,6,9H2,1-2,4H3/t14-/m0/s1. The summed E-state index contributed by atoms with van der Waals surface area (Å²) in [6, 6.07) is 4.62. The third kappa shape index (κ3) is 4.27. The largest absolute Gasteiger partial charge is 0.508 e. The van der Waals surface area contributed by atoms with Gasteiger partial charge in [-0.15, -0.1) is 0 Å². The summed E-state index contributed by atoms with van der Waals surface area (Å²) in [5, 5.41) is 50.8. The molecule has 7 heteroatoms. The van der Waals surface area contributed by atoms with E-state index >= 15 is 0 Å². The highest BCUT2D eigenvalue weighted by Crippen LogP contribution is 2.42. The molecule has 1 atom stereocenters. The fraction of sp³-hybridized carbons (Fsp3) is 0.240. The van der Waals surface area contributed by atoms with Gasteiger partial charge in [-0.05, 0) is 51.7 Å². The highest BCUT2D eigenvalue weighted by atomic mass is 16.4. The minimum atomic E-state index is -0.913. The van der Waals surface area contributed by atoms with Crippen LogP contribution in [0.1, 0.15) is 32.8 Å². The molecule has 1 heterocycles. The Hall–Kier alpha value is -3.87. The van der Waals surface area contributed by atoms with Gasteiger partial charge in [0, 0.05) is 17.7 Å². The lowest BCUT2D eigenvalue weighted by molar-refractivity contribution is 0.428. The van der Waals surface area contributed by atoms with E-state index in [0.29, 0.717) is 6.42 Å². The van der Waals surface area contributed by atoms with E-state index in [4.69, 9.17) is 4.42 Å². The van der Waals surface area contributed by atoms with Crippen LogP contribution < -0.4 is 5.43 Å². The molecule has 1 aromatic heterocycles. The number of benzene rings is 2. The highest BCUT2D eigenvalue weighted by Gasteiger charge is 2.25. The van der Waals surface area contributed by atoms with Crippen molar-refractivity contribution in [2.45, 2.75) is 33.6 Å². The van der Waals surface area contributed by atoms with Gasteiger partial charge in [-0.3, -0.25) is 4.79 Å². The van der Waals surface area contributed by atoms with Crippen molar-refractivity contribution in [3.8, 4) is 40.1 Å². The lowest BCUT2D eigenvalue weighted by Crippen LogP contribution is -2.09. The summed E-state index contributed by atoms with van der Waals surface area (Å²) in [6.07, 6.45) is 2.95. The van der Waals surface area contributed by atoms with Crippen molar-refractivity contribution >= 4 is 11.0 Å². The van der Waals surface area contributed by atoms with E-state index < -0.39 is 22.7 Å². The van der Waals surface area contributed by atoms with Crippen LogP contribution in [0.2, 0.25) is 0 Å². The molecule has 0 bridgehead atoms. The van der Waals surface area contributed by atoms with Crippen LogP contribution >= 0.6 is 0 Å². The summed E-state index contributed by atoms with van der Waals surface area (Å²) in [5.41, 5.74) is 1.21. The Morgan fingerprint density at radius 3 is 2.31 bits per heavy atom. The van der Waals surface area contributed by atoms with Crippen LogP contribution in [0.25, 0.3) is 22.3 Å². The number of hydrogen-bond donors (Lipinski definition) is 5. The SMILES string of the molecule is C=C(C)[C@@H](CC=C(C)C)Cc1c(O)cc(O)c2c(=O)c(O)c(-c3ccc(O)cc3O)oc12. The second kappa shape index (κ2) is 8.70. The topological polar surface area (TPSA) is 131 Å². The van der Waals surface area contributed by atoms with E-state index in [1.807, 2.05) is 26.8 Å². The van der Waals surface area contributed by atoms with Gasteiger partial charge >= 0.3 is 0 Å². The molecule has 0 aliphatic rings. The monoisotopic (exact) mass is 438 g/mol. The van der Waals surface area contributed by atoms with Gasteiger partial charge in [-0.2, -0.15) is 0 Å². The van der Waals surface area contributed by atoms with E-state index in [1.54, 1.807) is 0 Å². The molecule has 0 aliphatic carbocycles. The van der Waals surface area contributed by atoms with Crippen molar-refractivity contribution in [2.75, 3.05) is 0 Å². The normalized spacial score (nSPS) is 12.0. The molecular weight excluding hydrogens is 412 g/mol. The van der Waals surface area contributed by atoms with Crippen LogP contribution in [0.5, 0.6) is 28.7 Å². The minimum absolute atomic E-state index is 0.0333. The Balaban J connectivity index is 2.30. The zero-order valence-electron chi connectivity index (χ0n) is 18.1. The van der Waals surface area contributed by atoms with Gasteiger partial charge in [0.1, 0.15) is 34.0 Å². The number of phenols is 4. The molecule has 5 N–H and O–H groups in total. The fourth-order valence-electron chi connectivity index (χ4n) is 3.55. The number of hydrogen-bond acceptors (Lipinski definition) is 7. The molecule has 3 rings (SSSR count). The minimum Gasteiger partial charge on any atom is -0.508 e. The summed E-state index contributed by atoms with van der Waals surface area (Å²) in [5.74, 6) is -2.69. The first-order chi connectivity index (χ1) is 15.0. The average molecular weight is 438 g/mol. The van der Waals surface area contributed by atoms with Gasteiger partial charge in [-0.1, -0.05) is 23.8 Å². The van der Waals surface area contributed by atoms with Gasteiger partial charge in [0.15, 0.2) is 5.76 Å². The van der Waals surface area contributed by atoms with Crippen molar-refractivity contribution in [1.82, 2.24) is 0 Å². The maximum atomic E-state index is 12.9. The average Bonchev–Trinajstić information content (AvgIpc) is 2.69. The molecule has 0 spiro atoms. The van der Waals surface area contributed by atoms with E-state index in [9.17, 15) is 30.3 Å². The Labute approximate surface area is 184 Å². The zero-order valence-corrected chi connectivity index (χ0v) is 18.1. The number of fused-ring (bicyclic) bond motifs is 1. The predicted octanol–water partition coefficient (Wildman–Crippen LogP) is 5.08. The zero-order chi connectivity index (χ0) is 23.7. The molecule has 3 aromatic rings. The molecule has 0 radical (unpaired) electrons. The van der Waals surface area contributed by atoms with Crippen molar-refractivity contribution < 1.29 is 29.9 Å². The Kier molecular flexibility index (Phi) is 6.20. The van der Waals surface area contributed by atoms with Crippen molar-refractivity contribution in [2.24, 2.45) is 5.92 Å². The van der Waals surface area contributed by atoms with E-state index in [-0.39, 0.29) is 51.7 Å². The number of allylic oxidation sites excluding steroid dienone is 3. The van der Waals surface area contributed by atoms with E-state index in [1.165, 1.54) is 12.1 Å². The lowest BCUT2D eigenvalue weighted by atomic mass is 9.88. The second-order valence-corrected chi connectivity index (χ2v) is 8.17. The molecule has 0 aliphatic heterocycles. The maximum Gasteiger partial charge on any atom is 0.238 e. The molecule has 0 unspecified atom stereocenters. The first kappa shape index (κ1) is 22.8. The maximum absolute atomic E-state index is 12.9. The lowest BCUT2D eigenvalue weighted by Gasteiger charge is -2.18. The smallest absolute Gasteiger partial charge is 0.238 e. The van der Waals surface area contributed by atoms with Crippen molar-refractivity contribution in [3.63, 3.8) is 0 Å². The Morgan fingerprint density at radius 1 is 1.03 bits per heavy atom. The third-order valence-electron chi connectivity index (χ3n) is 5.39. The Morgan fingerprint density at radius 2 is 1.72 bits per heavy atom. The first-order valence-electron chi connectivity index (χ1n) is 10.1. The van der Waals surface area contributed by atoms with Crippen LogP contribution in [0, 0.1) is 5.92 Å². The van der Waals surface area contributed by atoms with E-state index in [0.717, 1.165) is 23.3 Å². The molecule has 168 valence electrons. The number of aromatic hydroxyl groups is 5. The molecule has 7 nitrogen and oxygen atoms in total. The van der Waals surface area contributed by atoms with Crippen molar-refractivity contribution in [3.05, 3.63) is 63.9 Å². The summed E-state index contributed by atoms with van der Waals surface area (Å²) in [7, 11) is 0. The van der Waals surface area contributed by atoms with Gasteiger partial charge in [0.2, 0.25) is 11.2 Å². The van der Waals surface area contributed by atoms with Gasteiger partial charge in [0.25, 0.3) is 0 Å². The molecular formula is C25H26O7. The summed E-state index contributed by atoms with van der Waals surface area (Å²) in [6.45, 7) is 9.84. The van der Waals surface area contributed by atoms with Gasteiger partial charge in [0.05, 0.1) is 5.56 Å². The molecule has 0 saturated heterocycles. The number of rotatable bonds is 6. The van der Waals surface area contributed by atoms with Crippen LogP contribution in [0.4, 0.5) is 0 Å². The molecule has 0 fully saturated rings. The summed E-state index contributed by atoms with van der Waals surface area (Å²) < 4.78 is 5.82. The molecule has 32 heavy (non-hydrogen) atoms.